The van der Waals surface area contributed by atoms with Crippen molar-refractivity contribution in [1.82, 2.24) is 19.3 Å². The summed E-state index contributed by atoms with van der Waals surface area (Å²) in [4.78, 5) is 4.80. The van der Waals surface area contributed by atoms with Gasteiger partial charge in [-0.25, -0.2) is 9.67 Å². The zero-order valence-electron chi connectivity index (χ0n) is 29.8. The molecule has 49 heavy (non-hydrogen) atoms. The maximum atomic E-state index is 6.78. The fourth-order valence-electron chi connectivity index (χ4n) is 6.99. The van der Waals surface area contributed by atoms with Gasteiger partial charge in [0.05, 0.1) is 22.4 Å². The third-order valence-electron chi connectivity index (χ3n) is 9.42. The number of ether oxygens (including phenoxy) is 1. The number of hydrogen-bond acceptors (Lipinski definition) is 3. The maximum Gasteiger partial charge on any atom is 0.137 e. The van der Waals surface area contributed by atoms with Crippen LogP contribution in [-0.2, 0) is 12.8 Å². The average Bonchev–Trinajstić information content (AvgIpc) is 3.56. The van der Waals surface area contributed by atoms with Crippen LogP contribution in [0.2, 0.25) is 0 Å². The van der Waals surface area contributed by atoms with E-state index in [1.807, 2.05) is 12.3 Å². The number of hydrogen-bond donors (Lipinski definition) is 0. The van der Waals surface area contributed by atoms with Crippen molar-refractivity contribution in [2.24, 2.45) is 5.41 Å². The minimum atomic E-state index is 0.217. The molecule has 3 aromatic heterocycles. The standard InChI is InChI=1S/C44H46N4O/c1-8-12-32-15-18-40-39(26-32)38-17-16-36(28-41(38)47(40)42-23-29(2)20-22-45-42)49-37-25-33(19-21-44(5,6)7)24-35(27-37)48-31(4)43(30(3)46-48)34-13-10-9-11-14-34/h9-11,13-18,20,22-28H,8,12,19,21H2,1-7H3. The Morgan fingerprint density at radius 3 is 2.29 bits per heavy atom. The fraction of sp³-hybridized carbons (Fsp3) is 0.273. The van der Waals surface area contributed by atoms with E-state index in [9.17, 15) is 0 Å². The molecular formula is C44H46N4O. The van der Waals surface area contributed by atoms with Gasteiger partial charge in [0, 0.05) is 40.4 Å². The molecule has 248 valence electrons. The molecule has 0 unspecified atom stereocenters. The van der Waals surface area contributed by atoms with Crippen molar-refractivity contribution in [2.45, 2.75) is 74.1 Å². The molecule has 0 saturated heterocycles. The lowest BCUT2D eigenvalue weighted by molar-refractivity contribution is 0.378. The summed E-state index contributed by atoms with van der Waals surface area (Å²) in [5.41, 5.74) is 11.7. The lowest BCUT2D eigenvalue weighted by Gasteiger charge is -2.19. The molecule has 7 rings (SSSR count). The van der Waals surface area contributed by atoms with Crippen LogP contribution in [0.4, 0.5) is 0 Å². The van der Waals surface area contributed by atoms with Gasteiger partial charge in [0.15, 0.2) is 0 Å². The van der Waals surface area contributed by atoms with Crippen molar-refractivity contribution in [3.63, 3.8) is 0 Å². The molecule has 0 bridgehead atoms. The van der Waals surface area contributed by atoms with Gasteiger partial charge in [-0.1, -0.05) is 70.5 Å². The van der Waals surface area contributed by atoms with Gasteiger partial charge in [-0.3, -0.25) is 4.57 Å². The molecule has 0 saturated carbocycles. The van der Waals surface area contributed by atoms with E-state index in [1.54, 1.807) is 0 Å². The van der Waals surface area contributed by atoms with E-state index in [4.69, 9.17) is 14.8 Å². The zero-order chi connectivity index (χ0) is 34.3. The van der Waals surface area contributed by atoms with Crippen LogP contribution in [0.1, 0.15) is 68.6 Å². The molecule has 7 aromatic rings. The number of aryl methyl sites for hydroxylation is 4. The zero-order valence-corrected chi connectivity index (χ0v) is 29.8. The predicted octanol–water partition coefficient (Wildman–Crippen LogP) is 11.7. The summed E-state index contributed by atoms with van der Waals surface area (Å²) >= 11 is 0. The summed E-state index contributed by atoms with van der Waals surface area (Å²) in [6.45, 7) is 15.5. The molecule has 0 radical (unpaired) electrons. The third-order valence-corrected chi connectivity index (χ3v) is 9.42. The Balaban J connectivity index is 1.34. The Morgan fingerprint density at radius 1 is 0.714 bits per heavy atom. The van der Waals surface area contributed by atoms with Gasteiger partial charge in [0.1, 0.15) is 17.3 Å². The Bertz CT molecular complexity index is 2280. The summed E-state index contributed by atoms with van der Waals surface area (Å²) in [6.07, 6.45) is 6.08. The van der Waals surface area contributed by atoms with Crippen LogP contribution in [0.5, 0.6) is 11.5 Å². The molecule has 4 aromatic carbocycles. The highest BCUT2D eigenvalue weighted by Crippen LogP contribution is 2.37. The number of benzene rings is 4. The Labute approximate surface area is 290 Å². The molecule has 0 aliphatic heterocycles. The lowest BCUT2D eigenvalue weighted by atomic mass is 9.88. The summed E-state index contributed by atoms with van der Waals surface area (Å²) in [5, 5.41) is 7.47. The second kappa shape index (κ2) is 13.0. The van der Waals surface area contributed by atoms with Gasteiger partial charge in [0.25, 0.3) is 0 Å². The molecule has 0 amide bonds. The van der Waals surface area contributed by atoms with Gasteiger partial charge in [-0.15, -0.1) is 0 Å². The summed E-state index contributed by atoms with van der Waals surface area (Å²) in [7, 11) is 0. The van der Waals surface area contributed by atoms with Gasteiger partial charge >= 0.3 is 0 Å². The van der Waals surface area contributed by atoms with Crippen LogP contribution >= 0.6 is 0 Å². The topological polar surface area (TPSA) is 44.9 Å². The molecular weight excluding hydrogens is 601 g/mol. The molecule has 0 aliphatic rings. The number of fused-ring (bicyclic) bond motifs is 3. The van der Waals surface area contributed by atoms with Crippen molar-refractivity contribution in [3.05, 3.63) is 131 Å². The van der Waals surface area contributed by atoms with E-state index in [0.717, 1.165) is 71.1 Å². The molecule has 3 heterocycles. The minimum Gasteiger partial charge on any atom is -0.457 e. The highest BCUT2D eigenvalue weighted by Gasteiger charge is 2.19. The molecule has 0 spiro atoms. The van der Waals surface area contributed by atoms with Crippen LogP contribution in [0.15, 0.2) is 103 Å². The van der Waals surface area contributed by atoms with Crippen molar-refractivity contribution >= 4 is 21.8 Å². The first kappa shape index (κ1) is 32.4. The third kappa shape index (κ3) is 6.63. The molecule has 5 nitrogen and oxygen atoms in total. The Morgan fingerprint density at radius 2 is 1.53 bits per heavy atom. The van der Waals surface area contributed by atoms with Crippen LogP contribution in [0.3, 0.4) is 0 Å². The van der Waals surface area contributed by atoms with Crippen LogP contribution in [0, 0.1) is 26.2 Å². The summed E-state index contributed by atoms with van der Waals surface area (Å²) in [6, 6.07) is 34.6. The van der Waals surface area contributed by atoms with E-state index < -0.39 is 0 Å². The number of aromatic nitrogens is 4. The Hall–Kier alpha value is -5.16. The molecule has 0 fully saturated rings. The van der Waals surface area contributed by atoms with Gasteiger partial charge in [-0.05, 0) is 116 Å². The first-order valence-corrected chi connectivity index (χ1v) is 17.5. The monoisotopic (exact) mass is 646 g/mol. The second-order valence-corrected chi connectivity index (χ2v) is 14.6. The van der Waals surface area contributed by atoms with Crippen molar-refractivity contribution < 1.29 is 4.74 Å². The van der Waals surface area contributed by atoms with Gasteiger partial charge < -0.3 is 4.74 Å². The average molecular weight is 647 g/mol. The van der Waals surface area contributed by atoms with Crippen molar-refractivity contribution in [2.75, 3.05) is 0 Å². The van der Waals surface area contributed by atoms with Crippen LogP contribution in [-0.4, -0.2) is 19.3 Å². The van der Waals surface area contributed by atoms with Gasteiger partial charge in [-0.2, -0.15) is 5.10 Å². The SMILES string of the molecule is CCCc1ccc2c(c1)c1ccc(Oc3cc(CCC(C)(C)C)cc(-n4nc(C)c(-c5ccccc5)c4C)c3)cc1n2-c1cc(C)ccn1. The quantitative estimate of drug-likeness (QED) is 0.157. The number of pyridine rings is 1. The number of rotatable bonds is 9. The first-order chi connectivity index (χ1) is 23.6. The molecule has 0 atom stereocenters. The maximum absolute atomic E-state index is 6.78. The number of nitrogens with zero attached hydrogens (tertiary/aromatic N) is 4. The summed E-state index contributed by atoms with van der Waals surface area (Å²) < 4.78 is 11.1. The first-order valence-electron chi connectivity index (χ1n) is 17.5. The predicted molar refractivity (Wildman–Crippen MR) is 204 cm³/mol. The largest absolute Gasteiger partial charge is 0.457 e. The fourth-order valence-corrected chi connectivity index (χ4v) is 6.99. The second-order valence-electron chi connectivity index (χ2n) is 14.6. The smallest absolute Gasteiger partial charge is 0.137 e. The van der Waals surface area contributed by atoms with Gasteiger partial charge in [0.2, 0.25) is 0 Å². The van der Waals surface area contributed by atoms with E-state index >= 15 is 0 Å². The molecule has 5 heteroatoms. The van der Waals surface area contributed by atoms with E-state index in [0.29, 0.717) is 0 Å². The van der Waals surface area contributed by atoms with Crippen LogP contribution < -0.4 is 4.74 Å². The highest BCUT2D eigenvalue weighted by atomic mass is 16.5. The lowest BCUT2D eigenvalue weighted by Crippen LogP contribution is -2.07. The summed E-state index contributed by atoms with van der Waals surface area (Å²) in [5.74, 6) is 2.50. The van der Waals surface area contributed by atoms with Crippen LogP contribution in [0.25, 0.3) is 44.4 Å². The van der Waals surface area contributed by atoms with E-state index in [1.165, 1.54) is 38.6 Å². The molecule has 0 aliphatic carbocycles. The normalized spacial score (nSPS) is 11.9. The van der Waals surface area contributed by atoms with Crippen molar-refractivity contribution in [3.8, 4) is 34.1 Å². The molecule has 0 N–H and O–H groups in total. The highest BCUT2D eigenvalue weighted by molar-refractivity contribution is 6.09. The Kier molecular flexibility index (Phi) is 8.62. The van der Waals surface area contributed by atoms with Crippen molar-refractivity contribution in [1.29, 1.82) is 0 Å². The van der Waals surface area contributed by atoms with E-state index in [2.05, 4.69) is 149 Å². The minimum absolute atomic E-state index is 0.217. The van der Waals surface area contributed by atoms with E-state index in [-0.39, 0.29) is 5.41 Å².